The molecule has 78 valence electrons. The van der Waals surface area contributed by atoms with Crippen molar-refractivity contribution >= 4 is 17.7 Å². The first kappa shape index (κ1) is 12.8. The van der Waals surface area contributed by atoms with Crippen LogP contribution in [0.5, 0.6) is 0 Å². The van der Waals surface area contributed by atoms with Crippen LogP contribution in [0.1, 0.15) is 26.2 Å². The third kappa shape index (κ3) is 5.91. The van der Waals surface area contributed by atoms with E-state index in [9.17, 15) is 9.18 Å². The minimum atomic E-state index is -0.312. The predicted octanol–water partition coefficient (Wildman–Crippen LogP) is 2.42. The van der Waals surface area contributed by atoms with Crippen molar-refractivity contribution in [1.82, 2.24) is 0 Å². The van der Waals surface area contributed by atoms with Gasteiger partial charge in [-0.2, -0.15) is 0 Å². The summed E-state index contributed by atoms with van der Waals surface area (Å²) in [6, 6.07) is 0. The molecule has 1 atom stereocenters. The van der Waals surface area contributed by atoms with Gasteiger partial charge < -0.3 is 4.74 Å². The van der Waals surface area contributed by atoms with Crippen molar-refractivity contribution in [3.8, 4) is 0 Å². The summed E-state index contributed by atoms with van der Waals surface area (Å²) in [4.78, 5) is 11.2. The van der Waals surface area contributed by atoms with E-state index < -0.39 is 0 Å². The molecule has 0 spiro atoms. The van der Waals surface area contributed by atoms with Crippen LogP contribution in [0.3, 0.4) is 0 Å². The Bertz CT molecular complexity index is 142. The van der Waals surface area contributed by atoms with Gasteiger partial charge in [-0.3, -0.25) is 9.18 Å². The zero-order valence-corrected chi connectivity index (χ0v) is 9.03. The standard InChI is InChI=1S/C9H17FO2S/c1-3-5-8(9(11)12-2)13-7-4-6-10/h8H,3-7H2,1-2H3. The minimum absolute atomic E-state index is 0.110. The monoisotopic (exact) mass is 208 g/mol. The van der Waals surface area contributed by atoms with Crippen molar-refractivity contribution in [2.75, 3.05) is 19.5 Å². The Kier molecular flexibility index (Phi) is 8.19. The molecule has 0 aliphatic carbocycles. The van der Waals surface area contributed by atoms with Gasteiger partial charge in [-0.15, -0.1) is 11.8 Å². The molecule has 0 fully saturated rings. The fourth-order valence-electron chi connectivity index (χ4n) is 0.943. The molecule has 0 amide bonds. The molecule has 0 bridgehead atoms. The molecule has 4 heteroatoms. The van der Waals surface area contributed by atoms with Crippen molar-refractivity contribution in [2.45, 2.75) is 31.4 Å². The second-order valence-corrected chi connectivity index (χ2v) is 4.02. The molecule has 1 unspecified atom stereocenters. The van der Waals surface area contributed by atoms with E-state index in [4.69, 9.17) is 0 Å². The Hall–Kier alpha value is -0.250. The molecule has 0 N–H and O–H groups in total. The number of ether oxygens (including phenoxy) is 1. The molecular weight excluding hydrogens is 191 g/mol. The second-order valence-electron chi connectivity index (χ2n) is 2.71. The molecule has 0 saturated carbocycles. The minimum Gasteiger partial charge on any atom is -0.468 e. The highest BCUT2D eigenvalue weighted by molar-refractivity contribution is 8.00. The fourth-order valence-corrected chi connectivity index (χ4v) is 2.14. The van der Waals surface area contributed by atoms with Gasteiger partial charge in [0.05, 0.1) is 13.8 Å². The lowest BCUT2D eigenvalue weighted by Gasteiger charge is -2.12. The molecule has 13 heavy (non-hydrogen) atoms. The predicted molar refractivity (Wildman–Crippen MR) is 53.8 cm³/mol. The van der Waals surface area contributed by atoms with Crippen LogP contribution in [0, 0.1) is 0 Å². The Morgan fingerprint density at radius 3 is 2.77 bits per heavy atom. The van der Waals surface area contributed by atoms with E-state index >= 15 is 0 Å². The van der Waals surface area contributed by atoms with Crippen LogP contribution in [-0.4, -0.2) is 30.8 Å². The highest BCUT2D eigenvalue weighted by Crippen LogP contribution is 2.18. The van der Waals surface area contributed by atoms with Gasteiger partial charge in [0.25, 0.3) is 0 Å². The number of esters is 1. The third-order valence-electron chi connectivity index (χ3n) is 1.61. The number of hydrogen-bond acceptors (Lipinski definition) is 3. The zero-order valence-electron chi connectivity index (χ0n) is 8.22. The highest BCUT2D eigenvalue weighted by atomic mass is 32.2. The molecule has 0 aromatic heterocycles. The number of carbonyl (C=O) groups is 1. The molecule has 0 saturated heterocycles. The van der Waals surface area contributed by atoms with Crippen molar-refractivity contribution in [3.63, 3.8) is 0 Å². The van der Waals surface area contributed by atoms with Crippen LogP contribution >= 0.6 is 11.8 Å². The van der Waals surface area contributed by atoms with Crippen molar-refractivity contribution in [3.05, 3.63) is 0 Å². The molecule has 0 aromatic rings. The number of thioether (sulfide) groups is 1. The topological polar surface area (TPSA) is 26.3 Å². The van der Waals surface area contributed by atoms with Crippen LogP contribution in [-0.2, 0) is 9.53 Å². The molecule has 0 radical (unpaired) electrons. The SMILES string of the molecule is CCCC(SCCCF)C(=O)OC. The number of halogens is 1. The van der Waals surface area contributed by atoms with E-state index in [-0.39, 0.29) is 17.9 Å². The maximum Gasteiger partial charge on any atom is 0.318 e. The normalized spacial score (nSPS) is 12.5. The summed E-state index contributed by atoms with van der Waals surface area (Å²) in [5.41, 5.74) is 0. The summed E-state index contributed by atoms with van der Waals surface area (Å²) in [7, 11) is 1.39. The molecule has 0 aliphatic rings. The van der Waals surface area contributed by atoms with E-state index in [1.807, 2.05) is 6.92 Å². The van der Waals surface area contributed by atoms with Crippen LogP contribution in [0.25, 0.3) is 0 Å². The third-order valence-corrected chi connectivity index (χ3v) is 2.97. The van der Waals surface area contributed by atoms with Gasteiger partial charge in [-0.05, 0) is 18.6 Å². The molecule has 0 heterocycles. The van der Waals surface area contributed by atoms with Crippen LogP contribution in [0.2, 0.25) is 0 Å². The Morgan fingerprint density at radius 1 is 1.62 bits per heavy atom. The van der Waals surface area contributed by atoms with Gasteiger partial charge >= 0.3 is 5.97 Å². The maximum atomic E-state index is 11.8. The van der Waals surface area contributed by atoms with Gasteiger partial charge in [0, 0.05) is 0 Å². The quantitative estimate of drug-likeness (QED) is 0.475. The zero-order chi connectivity index (χ0) is 10.1. The first-order chi connectivity index (χ1) is 6.26. The van der Waals surface area contributed by atoms with Gasteiger partial charge in [0.1, 0.15) is 5.25 Å². The largest absolute Gasteiger partial charge is 0.468 e. The molecular formula is C9H17FO2S. The van der Waals surface area contributed by atoms with E-state index in [2.05, 4.69) is 4.74 Å². The summed E-state index contributed by atoms with van der Waals surface area (Å²) in [5.74, 6) is 0.502. The van der Waals surface area contributed by atoms with E-state index in [0.717, 1.165) is 12.8 Å². The summed E-state index contributed by atoms with van der Waals surface area (Å²) >= 11 is 1.49. The molecule has 0 aliphatic heterocycles. The van der Waals surface area contributed by atoms with Crippen LogP contribution in [0.4, 0.5) is 4.39 Å². The van der Waals surface area contributed by atoms with Crippen molar-refractivity contribution in [2.24, 2.45) is 0 Å². The average molecular weight is 208 g/mol. The van der Waals surface area contributed by atoms with Gasteiger partial charge in [-0.25, -0.2) is 0 Å². The highest BCUT2D eigenvalue weighted by Gasteiger charge is 2.17. The Morgan fingerprint density at radius 2 is 2.31 bits per heavy atom. The van der Waals surface area contributed by atoms with E-state index in [1.54, 1.807) is 0 Å². The lowest BCUT2D eigenvalue weighted by Crippen LogP contribution is -2.19. The van der Waals surface area contributed by atoms with Gasteiger partial charge in [0.15, 0.2) is 0 Å². The number of rotatable bonds is 7. The first-order valence-corrected chi connectivity index (χ1v) is 5.56. The summed E-state index contributed by atoms with van der Waals surface area (Å²) in [5, 5.41) is -0.110. The van der Waals surface area contributed by atoms with Crippen molar-refractivity contribution < 1.29 is 13.9 Å². The maximum absolute atomic E-state index is 11.8. The average Bonchev–Trinajstić information content (AvgIpc) is 2.16. The lowest BCUT2D eigenvalue weighted by atomic mass is 10.2. The summed E-state index contributed by atoms with van der Waals surface area (Å²) in [6.07, 6.45) is 2.27. The Labute approximate surface area is 83.2 Å². The second kappa shape index (κ2) is 8.35. The molecule has 0 rings (SSSR count). The molecule has 0 aromatic carbocycles. The van der Waals surface area contributed by atoms with Crippen LogP contribution < -0.4 is 0 Å². The number of methoxy groups -OCH3 is 1. The van der Waals surface area contributed by atoms with E-state index in [0.29, 0.717) is 12.2 Å². The number of carbonyl (C=O) groups excluding carboxylic acids is 1. The van der Waals surface area contributed by atoms with Gasteiger partial charge in [0.2, 0.25) is 0 Å². The Balaban J connectivity index is 3.73. The fraction of sp³-hybridized carbons (Fsp3) is 0.889. The van der Waals surface area contributed by atoms with Gasteiger partial charge in [-0.1, -0.05) is 13.3 Å². The number of alkyl halides is 1. The first-order valence-electron chi connectivity index (χ1n) is 4.51. The number of hydrogen-bond donors (Lipinski definition) is 0. The lowest BCUT2D eigenvalue weighted by molar-refractivity contribution is -0.140. The van der Waals surface area contributed by atoms with Crippen LogP contribution in [0.15, 0.2) is 0 Å². The van der Waals surface area contributed by atoms with Crippen molar-refractivity contribution in [1.29, 1.82) is 0 Å². The van der Waals surface area contributed by atoms with E-state index in [1.165, 1.54) is 18.9 Å². The summed E-state index contributed by atoms with van der Waals surface area (Å²) < 4.78 is 16.4. The molecule has 2 nitrogen and oxygen atoms in total. The summed E-state index contributed by atoms with van der Waals surface area (Å²) in [6.45, 7) is 1.71. The smallest absolute Gasteiger partial charge is 0.318 e.